The Balaban J connectivity index is 2.15. The monoisotopic (exact) mass is 282 g/mol. The Morgan fingerprint density at radius 2 is 1.90 bits per heavy atom. The number of likely N-dealkylation sites (tertiary alicyclic amines) is 1. The van der Waals surface area contributed by atoms with Crippen molar-refractivity contribution in [3.05, 3.63) is 29.3 Å². The van der Waals surface area contributed by atoms with Gasteiger partial charge in [0.05, 0.1) is 11.3 Å². The summed E-state index contributed by atoms with van der Waals surface area (Å²) in [5.74, 6) is -2.10. The molecule has 20 heavy (non-hydrogen) atoms. The van der Waals surface area contributed by atoms with Crippen molar-refractivity contribution in [1.29, 1.82) is 0 Å². The maximum Gasteiger partial charge on any atom is 0.256 e. The number of carbonyl (C=O) groups excluding carboxylic acids is 1. The molecule has 1 heterocycles. The summed E-state index contributed by atoms with van der Waals surface area (Å²) in [6, 6.07) is 1.75. The minimum absolute atomic E-state index is 0.149. The number of benzene rings is 1. The van der Waals surface area contributed by atoms with Crippen molar-refractivity contribution >= 4 is 11.6 Å². The highest BCUT2D eigenvalue weighted by Crippen LogP contribution is 2.34. The fraction of sp³-hybridized carbons (Fsp3) is 0.533. The van der Waals surface area contributed by atoms with Crippen LogP contribution in [0.1, 0.15) is 43.5 Å². The predicted molar refractivity (Wildman–Crippen MR) is 74.3 cm³/mol. The molecule has 1 aromatic carbocycles. The summed E-state index contributed by atoms with van der Waals surface area (Å²) in [5, 5.41) is 0. The van der Waals surface area contributed by atoms with E-state index in [9.17, 15) is 13.6 Å². The molecule has 1 aliphatic heterocycles. The number of carbonyl (C=O) groups is 1. The maximum atomic E-state index is 13.7. The van der Waals surface area contributed by atoms with E-state index < -0.39 is 17.5 Å². The van der Waals surface area contributed by atoms with Gasteiger partial charge in [0.2, 0.25) is 0 Å². The van der Waals surface area contributed by atoms with Gasteiger partial charge in [-0.25, -0.2) is 8.78 Å². The van der Waals surface area contributed by atoms with E-state index in [0.29, 0.717) is 19.2 Å². The summed E-state index contributed by atoms with van der Waals surface area (Å²) in [7, 11) is 0. The first-order valence-corrected chi connectivity index (χ1v) is 6.90. The molecule has 1 aliphatic rings. The van der Waals surface area contributed by atoms with Gasteiger partial charge >= 0.3 is 0 Å². The summed E-state index contributed by atoms with van der Waals surface area (Å²) < 4.78 is 26.8. The minimum Gasteiger partial charge on any atom is -0.396 e. The zero-order valence-electron chi connectivity index (χ0n) is 11.9. The average molecular weight is 282 g/mol. The fourth-order valence-corrected chi connectivity index (χ4v) is 2.50. The molecule has 0 bridgehead atoms. The van der Waals surface area contributed by atoms with Gasteiger partial charge in [0.1, 0.15) is 11.6 Å². The van der Waals surface area contributed by atoms with Gasteiger partial charge in [0.25, 0.3) is 5.91 Å². The van der Waals surface area contributed by atoms with Gasteiger partial charge in [-0.2, -0.15) is 0 Å². The summed E-state index contributed by atoms with van der Waals surface area (Å²) in [6.45, 7) is 5.53. The first-order valence-electron chi connectivity index (χ1n) is 6.90. The lowest BCUT2D eigenvalue weighted by Gasteiger charge is -2.39. The molecule has 110 valence electrons. The van der Waals surface area contributed by atoms with Crippen LogP contribution in [-0.2, 0) is 0 Å². The summed E-state index contributed by atoms with van der Waals surface area (Å²) in [6.07, 6.45) is 2.86. The number of anilines is 1. The number of piperidine rings is 1. The van der Waals surface area contributed by atoms with E-state index >= 15 is 0 Å². The number of amides is 1. The smallest absolute Gasteiger partial charge is 0.256 e. The maximum absolute atomic E-state index is 13.7. The third kappa shape index (κ3) is 2.76. The third-order valence-corrected chi connectivity index (χ3v) is 4.43. The van der Waals surface area contributed by atoms with Crippen molar-refractivity contribution in [1.82, 2.24) is 4.90 Å². The molecule has 1 aromatic rings. The van der Waals surface area contributed by atoms with Gasteiger partial charge in [-0.1, -0.05) is 20.3 Å². The SMILES string of the molecule is CCC1(C)CCN(C(=O)c2cc(N)c(F)cc2F)CC1. The van der Waals surface area contributed by atoms with Crippen molar-refractivity contribution in [3.8, 4) is 0 Å². The number of nitrogens with two attached hydrogens (primary N) is 1. The van der Waals surface area contributed by atoms with Gasteiger partial charge in [-0.05, 0) is 24.3 Å². The van der Waals surface area contributed by atoms with E-state index in [1.807, 2.05) is 0 Å². The quantitative estimate of drug-likeness (QED) is 0.847. The number of nitrogen functional groups attached to an aromatic ring is 1. The van der Waals surface area contributed by atoms with Gasteiger partial charge < -0.3 is 10.6 Å². The fourth-order valence-electron chi connectivity index (χ4n) is 2.50. The topological polar surface area (TPSA) is 46.3 Å². The molecule has 0 saturated carbocycles. The first kappa shape index (κ1) is 14.8. The molecule has 5 heteroatoms. The number of halogens is 2. The van der Waals surface area contributed by atoms with E-state index in [2.05, 4.69) is 13.8 Å². The molecular weight excluding hydrogens is 262 g/mol. The van der Waals surface area contributed by atoms with Crippen molar-refractivity contribution < 1.29 is 13.6 Å². The van der Waals surface area contributed by atoms with Crippen LogP contribution in [0.25, 0.3) is 0 Å². The molecule has 3 nitrogen and oxygen atoms in total. The predicted octanol–water partition coefficient (Wildman–Crippen LogP) is 3.20. The van der Waals surface area contributed by atoms with Crippen LogP contribution < -0.4 is 5.73 Å². The number of nitrogens with zero attached hydrogens (tertiary/aromatic N) is 1. The lowest BCUT2D eigenvalue weighted by atomic mass is 9.78. The van der Waals surface area contributed by atoms with Crippen LogP contribution in [0.4, 0.5) is 14.5 Å². The minimum atomic E-state index is -0.856. The lowest BCUT2D eigenvalue weighted by molar-refractivity contribution is 0.0596. The first-order chi connectivity index (χ1) is 9.36. The highest BCUT2D eigenvalue weighted by atomic mass is 19.1. The third-order valence-electron chi connectivity index (χ3n) is 4.43. The van der Waals surface area contributed by atoms with Crippen LogP contribution in [0, 0.1) is 17.0 Å². The van der Waals surface area contributed by atoms with E-state index in [1.54, 1.807) is 4.90 Å². The zero-order valence-corrected chi connectivity index (χ0v) is 11.9. The second kappa shape index (κ2) is 5.38. The molecule has 0 aromatic heterocycles. The largest absolute Gasteiger partial charge is 0.396 e. The molecular formula is C15H20F2N2O. The Morgan fingerprint density at radius 3 is 2.45 bits per heavy atom. The molecule has 1 amide bonds. The summed E-state index contributed by atoms with van der Waals surface area (Å²) in [5.41, 5.74) is 5.30. The normalized spacial score (nSPS) is 18.1. The van der Waals surface area contributed by atoms with Crippen LogP contribution in [0.15, 0.2) is 12.1 Å². The molecule has 0 unspecified atom stereocenters. The standard InChI is InChI=1S/C15H20F2N2O/c1-3-15(2)4-6-19(7-5-15)14(20)10-8-13(18)12(17)9-11(10)16/h8-9H,3-7,18H2,1-2H3. The molecule has 1 fully saturated rings. The Bertz CT molecular complexity index is 523. The molecule has 0 aliphatic carbocycles. The van der Waals surface area contributed by atoms with Gasteiger partial charge in [-0.15, -0.1) is 0 Å². The van der Waals surface area contributed by atoms with Gasteiger partial charge in [0, 0.05) is 19.2 Å². The second-order valence-electron chi connectivity index (χ2n) is 5.81. The van der Waals surface area contributed by atoms with Crippen LogP contribution >= 0.6 is 0 Å². The number of hydrogen-bond acceptors (Lipinski definition) is 2. The highest BCUT2D eigenvalue weighted by Gasteiger charge is 2.31. The Labute approximate surface area is 117 Å². The molecule has 0 atom stereocenters. The van der Waals surface area contributed by atoms with Crippen LogP contribution in [0.2, 0.25) is 0 Å². The zero-order chi connectivity index (χ0) is 14.9. The van der Waals surface area contributed by atoms with E-state index in [-0.39, 0.29) is 16.7 Å². The van der Waals surface area contributed by atoms with E-state index in [4.69, 9.17) is 5.73 Å². The van der Waals surface area contributed by atoms with Crippen LogP contribution in [0.3, 0.4) is 0 Å². The van der Waals surface area contributed by atoms with Crippen molar-refractivity contribution in [2.75, 3.05) is 18.8 Å². The summed E-state index contributed by atoms with van der Waals surface area (Å²) >= 11 is 0. The van der Waals surface area contributed by atoms with Crippen LogP contribution in [-0.4, -0.2) is 23.9 Å². The lowest BCUT2D eigenvalue weighted by Crippen LogP contribution is -2.42. The van der Waals surface area contributed by atoms with Crippen molar-refractivity contribution in [2.24, 2.45) is 5.41 Å². The molecule has 1 saturated heterocycles. The average Bonchev–Trinajstić information content (AvgIpc) is 2.43. The number of rotatable bonds is 2. The molecule has 2 rings (SSSR count). The van der Waals surface area contributed by atoms with E-state index in [0.717, 1.165) is 25.3 Å². The highest BCUT2D eigenvalue weighted by molar-refractivity contribution is 5.95. The summed E-state index contributed by atoms with van der Waals surface area (Å²) in [4.78, 5) is 13.9. The van der Waals surface area contributed by atoms with Crippen molar-refractivity contribution in [3.63, 3.8) is 0 Å². The Hall–Kier alpha value is -1.65. The molecule has 0 radical (unpaired) electrons. The second-order valence-corrected chi connectivity index (χ2v) is 5.81. The van der Waals surface area contributed by atoms with E-state index in [1.165, 1.54) is 0 Å². The van der Waals surface area contributed by atoms with Gasteiger partial charge in [0.15, 0.2) is 0 Å². The van der Waals surface area contributed by atoms with Gasteiger partial charge in [-0.3, -0.25) is 4.79 Å². The van der Waals surface area contributed by atoms with Crippen LogP contribution in [0.5, 0.6) is 0 Å². The van der Waals surface area contributed by atoms with Crippen molar-refractivity contribution in [2.45, 2.75) is 33.1 Å². The Kier molecular flexibility index (Phi) is 3.97. The Morgan fingerprint density at radius 1 is 1.30 bits per heavy atom. The molecule has 0 spiro atoms. The number of hydrogen-bond donors (Lipinski definition) is 1. The molecule has 2 N–H and O–H groups in total.